The molecule has 16 heavy (non-hydrogen) atoms. The number of carbonyl (C=O) groups excluding carboxylic acids is 1. The van der Waals surface area contributed by atoms with Crippen molar-refractivity contribution in [2.24, 2.45) is 0 Å². The van der Waals surface area contributed by atoms with Crippen molar-refractivity contribution in [2.75, 3.05) is 6.54 Å². The quantitative estimate of drug-likeness (QED) is 0.603. The molecule has 0 fully saturated rings. The number of carbonyl (C=O) groups is 1. The number of hydrogen-bond donors (Lipinski definition) is 1. The van der Waals surface area contributed by atoms with Crippen LogP contribution in [-0.4, -0.2) is 17.4 Å². The van der Waals surface area contributed by atoms with Crippen molar-refractivity contribution in [2.45, 2.75) is 13.3 Å². The highest BCUT2D eigenvalue weighted by atomic mass is 16.1. The fraction of sp³-hybridized carbons (Fsp3) is 0.231. The summed E-state index contributed by atoms with van der Waals surface area (Å²) in [6.45, 7) is 2.51. The summed E-state index contributed by atoms with van der Waals surface area (Å²) in [5.74, 6) is -0.0750. The minimum Gasteiger partial charge on any atom is -0.352 e. The Morgan fingerprint density at radius 2 is 2.31 bits per heavy atom. The van der Waals surface area contributed by atoms with Crippen molar-refractivity contribution in [1.29, 1.82) is 0 Å². The standard InChI is InChI=1S/C13H16N2O/c1-2-3-4-8-13(16)15-11-9-12-7-5-6-10-14-12/h2-8,10H,9,11H2,1H3,(H,15,16)/b3-2+,8-4+. The Bertz CT molecular complexity index is 369. The number of nitrogens with one attached hydrogen (secondary N) is 1. The number of hydrogen-bond acceptors (Lipinski definition) is 2. The summed E-state index contributed by atoms with van der Waals surface area (Å²) in [5.41, 5.74) is 0.986. The maximum atomic E-state index is 11.3. The molecular formula is C13H16N2O. The van der Waals surface area contributed by atoms with Gasteiger partial charge in [-0.1, -0.05) is 24.3 Å². The van der Waals surface area contributed by atoms with Crippen LogP contribution < -0.4 is 5.32 Å². The molecule has 0 saturated carbocycles. The van der Waals surface area contributed by atoms with Gasteiger partial charge in [0.2, 0.25) is 5.91 Å². The minimum atomic E-state index is -0.0750. The van der Waals surface area contributed by atoms with Gasteiger partial charge in [-0.25, -0.2) is 0 Å². The largest absolute Gasteiger partial charge is 0.352 e. The van der Waals surface area contributed by atoms with Crippen LogP contribution >= 0.6 is 0 Å². The molecule has 0 saturated heterocycles. The van der Waals surface area contributed by atoms with Gasteiger partial charge in [-0.3, -0.25) is 9.78 Å². The number of pyridine rings is 1. The summed E-state index contributed by atoms with van der Waals surface area (Å²) < 4.78 is 0. The summed E-state index contributed by atoms with van der Waals surface area (Å²) >= 11 is 0. The zero-order valence-corrected chi connectivity index (χ0v) is 9.39. The van der Waals surface area contributed by atoms with E-state index >= 15 is 0 Å². The van der Waals surface area contributed by atoms with Gasteiger partial charge in [-0.15, -0.1) is 0 Å². The van der Waals surface area contributed by atoms with Gasteiger partial charge in [0.25, 0.3) is 0 Å². The van der Waals surface area contributed by atoms with Gasteiger partial charge >= 0.3 is 0 Å². The van der Waals surface area contributed by atoms with Crippen molar-refractivity contribution in [3.05, 3.63) is 54.4 Å². The minimum absolute atomic E-state index is 0.0750. The molecule has 0 unspecified atom stereocenters. The molecule has 1 aromatic rings. The zero-order valence-electron chi connectivity index (χ0n) is 9.39. The number of nitrogens with zero attached hydrogens (tertiary/aromatic N) is 1. The second kappa shape index (κ2) is 7.40. The van der Waals surface area contributed by atoms with E-state index in [-0.39, 0.29) is 5.91 Å². The van der Waals surface area contributed by atoms with Crippen LogP contribution in [0.25, 0.3) is 0 Å². The Morgan fingerprint density at radius 1 is 1.44 bits per heavy atom. The molecule has 0 aliphatic rings. The van der Waals surface area contributed by atoms with Crippen LogP contribution in [0.4, 0.5) is 0 Å². The van der Waals surface area contributed by atoms with Crippen LogP contribution in [-0.2, 0) is 11.2 Å². The fourth-order valence-electron chi connectivity index (χ4n) is 1.17. The molecule has 84 valence electrons. The van der Waals surface area contributed by atoms with E-state index < -0.39 is 0 Å². The summed E-state index contributed by atoms with van der Waals surface area (Å²) in [6.07, 6.45) is 9.43. The van der Waals surface area contributed by atoms with Crippen molar-refractivity contribution >= 4 is 5.91 Å². The van der Waals surface area contributed by atoms with Gasteiger partial charge in [0.1, 0.15) is 0 Å². The van der Waals surface area contributed by atoms with Crippen LogP contribution in [0, 0.1) is 0 Å². The summed E-state index contributed by atoms with van der Waals surface area (Å²) in [6, 6.07) is 5.76. The molecule has 1 amide bonds. The van der Waals surface area contributed by atoms with E-state index in [4.69, 9.17) is 0 Å². The molecule has 0 radical (unpaired) electrons. The molecule has 1 rings (SSSR count). The van der Waals surface area contributed by atoms with Gasteiger partial charge in [-0.05, 0) is 19.1 Å². The van der Waals surface area contributed by atoms with E-state index in [2.05, 4.69) is 10.3 Å². The van der Waals surface area contributed by atoms with Crippen LogP contribution in [0.1, 0.15) is 12.6 Å². The Kier molecular flexibility index (Phi) is 5.63. The first-order valence-electron chi connectivity index (χ1n) is 5.30. The third-order valence-corrected chi connectivity index (χ3v) is 1.96. The average molecular weight is 216 g/mol. The van der Waals surface area contributed by atoms with Crippen molar-refractivity contribution in [3.8, 4) is 0 Å². The van der Waals surface area contributed by atoms with Gasteiger partial charge in [0.05, 0.1) is 0 Å². The molecule has 0 spiro atoms. The maximum absolute atomic E-state index is 11.3. The second-order valence-electron chi connectivity index (χ2n) is 3.25. The van der Waals surface area contributed by atoms with Gasteiger partial charge in [-0.2, -0.15) is 0 Å². The lowest BCUT2D eigenvalue weighted by Crippen LogP contribution is -2.23. The van der Waals surface area contributed by atoms with Crippen LogP contribution in [0.5, 0.6) is 0 Å². The van der Waals surface area contributed by atoms with E-state index in [0.29, 0.717) is 6.54 Å². The Morgan fingerprint density at radius 3 is 3.00 bits per heavy atom. The third-order valence-electron chi connectivity index (χ3n) is 1.96. The normalized spacial score (nSPS) is 11.1. The number of rotatable bonds is 5. The Hall–Kier alpha value is -1.90. The predicted octanol–water partition coefficient (Wildman–Crippen LogP) is 1.87. The third kappa shape index (κ3) is 5.10. The first-order valence-corrected chi connectivity index (χ1v) is 5.30. The first kappa shape index (κ1) is 12.2. The molecular weight excluding hydrogens is 200 g/mol. The van der Waals surface area contributed by atoms with Gasteiger partial charge in [0, 0.05) is 30.9 Å². The summed E-state index contributed by atoms with van der Waals surface area (Å²) in [4.78, 5) is 15.4. The number of allylic oxidation sites excluding steroid dienone is 3. The van der Waals surface area contributed by atoms with E-state index in [9.17, 15) is 4.79 Å². The summed E-state index contributed by atoms with van der Waals surface area (Å²) in [5, 5.41) is 2.79. The van der Waals surface area contributed by atoms with Crippen LogP contribution in [0.2, 0.25) is 0 Å². The van der Waals surface area contributed by atoms with E-state index in [1.807, 2.05) is 37.3 Å². The molecule has 1 N–H and O–H groups in total. The van der Waals surface area contributed by atoms with E-state index in [1.54, 1.807) is 12.3 Å². The monoisotopic (exact) mass is 216 g/mol. The smallest absolute Gasteiger partial charge is 0.243 e. The molecule has 0 atom stereocenters. The molecule has 1 heterocycles. The van der Waals surface area contributed by atoms with Crippen LogP contribution in [0.15, 0.2) is 48.7 Å². The molecule has 3 heteroatoms. The topological polar surface area (TPSA) is 42.0 Å². The van der Waals surface area contributed by atoms with Crippen molar-refractivity contribution < 1.29 is 4.79 Å². The lowest BCUT2D eigenvalue weighted by Gasteiger charge is -2.01. The Labute approximate surface area is 95.9 Å². The molecule has 0 aromatic carbocycles. The predicted molar refractivity (Wildman–Crippen MR) is 64.9 cm³/mol. The first-order chi connectivity index (χ1) is 7.83. The van der Waals surface area contributed by atoms with E-state index in [0.717, 1.165) is 12.1 Å². The molecule has 3 nitrogen and oxygen atoms in total. The molecule has 0 aliphatic carbocycles. The van der Waals surface area contributed by atoms with Gasteiger partial charge in [0.15, 0.2) is 0 Å². The fourth-order valence-corrected chi connectivity index (χ4v) is 1.17. The lowest BCUT2D eigenvalue weighted by molar-refractivity contribution is -0.116. The number of aromatic nitrogens is 1. The van der Waals surface area contributed by atoms with Crippen LogP contribution in [0.3, 0.4) is 0 Å². The molecule has 0 aliphatic heterocycles. The lowest BCUT2D eigenvalue weighted by atomic mass is 10.3. The summed E-state index contributed by atoms with van der Waals surface area (Å²) in [7, 11) is 0. The zero-order chi connectivity index (χ0) is 11.6. The average Bonchev–Trinajstić information content (AvgIpc) is 2.31. The molecule has 0 bridgehead atoms. The van der Waals surface area contributed by atoms with Crippen molar-refractivity contribution in [3.63, 3.8) is 0 Å². The second-order valence-corrected chi connectivity index (χ2v) is 3.25. The maximum Gasteiger partial charge on any atom is 0.243 e. The SMILES string of the molecule is C/C=C/C=C/C(=O)NCCc1ccccn1. The van der Waals surface area contributed by atoms with Gasteiger partial charge < -0.3 is 5.32 Å². The highest BCUT2D eigenvalue weighted by molar-refractivity contribution is 5.87. The Balaban J connectivity index is 2.23. The number of amides is 1. The highest BCUT2D eigenvalue weighted by Gasteiger charge is 1.95. The highest BCUT2D eigenvalue weighted by Crippen LogP contribution is 1.92. The van der Waals surface area contributed by atoms with E-state index in [1.165, 1.54) is 6.08 Å². The van der Waals surface area contributed by atoms with Crippen molar-refractivity contribution in [1.82, 2.24) is 10.3 Å². The molecule has 1 aromatic heterocycles.